The van der Waals surface area contributed by atoms with Crippen LogP contribution in [0.3, 0.4) is 0 Å². The molecule has 59 heavy (non-hydrogen) atoms. The number of carbonyl (C=O) groups is 2. The Morgan fingerprint density at radius 3 is 2.29 bits per heavy atom. The summed E-state index contributed by atoms with van der Waals surface area (Å²) in [5.74, 6) is 1.81. The summed E-state index contributed by atoms with van der Waals surface area (Å²) in [6.07, 6.45) is 10.9. The Morgan fingerprint density at radius 2 is 1.59 bits per heavy atom. The van der Waals surface area contributed by atoms with Gasteiger partial charge < -0.3 is 38.6 Å². The molecule has 0 saturated carbocycles. The Hall–Kier alpha value is -5.05. The number of hydrogen-bond donors (Lipinski definition) is 1. The predicted molar refractivity (Wildman–Crippen MR) is 238 cm³/mol. The molecule has 0 spiro atoms. The summed E-state index contributed by atoms with van der Waals surface area (Å²) in [5, 5.41) is 11.8. The number of aliphatic hydroxyl groups is 1. The maximum absolute atomic E-state index is 13.9. The van der Waals surface area contributed by atoms with E-state index in [0.29, 0.717) is 96.8 Å². The van der Waals surface area contributed by atoms with Gasteiger partial charge in [0, 0.05) is 47.9 Å². The zero-order chi connectivity index (χ0) is 42.2. The minimum atomic E-state index is -1.23. The lowest BCUT2D eigenvalue weighted by atomic mass is 10.1. The lowest BCUT2D eigenvalue weighted by molar-refractivity contribution is 0.0776. The van der Waals surface area contributed by atoms with Gasteiger partial charge in [0.2, 0.25) is 0 Å². The second kappa shape index (κ2) is 19.8. The van der Waals surface area contributed by atoms with Crippen molar-refractivity contribution in [3.8, 4) is 23.0 Å². The van der Waals surface area contributed by atoms with Crippen LogP contribution >= 0.6 is 21.6 Å². The smallest absolute Gasteiger partial charge is 0.416 e. The Kier molecular flexibility index (Phi) is 14.6. The van der Waals surface area contributed by atoms with Crippen LogP contribution in [0.15, 0.2) is 95.9 Å². The van der Waals surface area contributed by atoms with Gasteiger partial charge in [0.1, 0.15) is 6.61 Å². The number of aliphatic imine (C=N–C) groups is 1. The number of amides is 2. The van der Waals surface area contributed by atoms with E-state index in [1.165, 1.54) is 4.90 Å². The van der Waals surface area contributed by atoms with Crippen molar-refractivity contribution in [2.45, 2.75) is 69.5 Å². The molecule has 2 aromatic rings. The number of nitrogens with zero attached hydrogens (tertiary/aromatic N) is 4. The van der Waals surface area contributed by atoms with Gasteiger partial charge in [0.15, 0.2) is 29.2 Å². The maximum atomic E-state index is 13.9. The molecule has 4 heterocycles. The number of fused-ring (bicyclic) bond motifs is 4. The Bertz CT molecular complexity index is 2060. The number of methoxy groups -OCH3 is 2. The van der Waals surface area contributed by atoms with Crippen molar-refractivity contribution < 1.29 is 38.4 Å². The first-order valence-corrected chi connectivity index (χ1v) is 21.9. The van der Waals surface area contributed by atoms with Crippen molar-refractivity contribution in [3.05, 3.63) is 102 Å². The summed E-state index contributed by atoms with van der Waals surface area (Å²) in [6, 6.07) is 6.44. The lowest BCUT2D eigenvalue weighted by Crippen LogP contribution is -2.50. The number of aliphatic hydroxyl groups excluding tert-OH is 1. The third-order valence-corrected chi connectivity index (χ3v) is 13.4. The molecule has 4 atom stereocenters. The number of anilines is 1. The number of benzene rings is 2. The summed E-state index contributed by atoms with van der Waals surface area (Å²) in [6.45, 7) is 22.2. The molecule has 4 aliphatic rings. The maximum Gasteiger partial charge on any atom is 0.416 e. The van der Waals surface area contributed by atoms with Crippen molar-refractivity contribution in [1.29, 1.82) is 0 Å². The van der Waals surface area contributed by atoms with Gasteiger partial charge in [-0.1, -0.05) is 83.4 Å². The van der Waals surface area contributed by atoms with Crippen LogP contribution in [0.4, 0.5) is 16.2 Å². The van der Waals surface area contributed by atoms with Crippen LogP contribution < -0.4 is 23.8 Å². The van der Waals surface area contributed by atoms with E-state index in [0.717, 1.165) is 28.9 Å². The number of allylic oxidation sites excluding steroid dienone is 5. The van der Waals surface area contributed by atoms with Crippen molar-refractivity contribution in [2.75, 3.05) is 52.0 Å². The zero-order valence-corrected chi connectivity index (χ0v) is 35.9. The third kappa shape index (κ3) is 10.0. The average molecular weight is 843 g/mol. The quantitative estimate of drug-likeness (QED) is 0.0711. The minimum absolute atomic E-state index is 0.0266. The van der Waals surface area contributed by atoms with Gasteiger partial charge in [0.25, 0.3) is 5.91 Å². The fourth-order valence-electron chi connectivity index (χ4n) is 7.41. The van der Waals surface area contributed by atoms with Gasteiger partial charge in [0.05, 0.1) is 56.5 Å². The van der Waals surface area contributed by atoms with Crippen molar-refractivity contribution in [1.82, 2.24) is 9.80 Å². The fourth-order valence-corrected chi connectivity index (χ4v) is 9.26. The molecule has 2 aromatic carbocycles. The molecule has 2 saturated heterocycles. The standard InChI is InChI=1S/C45H54N4O8S2/c1-9-10-12-15-30(4)58-59-31(5)27-57-45(52)49-37-23-42(39(53-7)20-34(37)32(6)47-25-29(3)19-38(47)44(49)51)56-17-14-11-13-16-55-41-22-36-35(21-40(41)54-8)43(50)48-26-28(2)18-33(48)24-46-36/h9-10,12,15,20-24,31,33,38,44,51H,1-3,6,11,13-14,16-19,25-27H2,4-5,7-8H3/b12-10-,30-15+/t31-,33?,38+,44+/m1/s1. The first-order valence-electron chi connectivity index (χ1n) is 19.7. The SMILES string of the molecule is C=C/C=C\C=C(/C)SS[C@H](C)COC(=O)N1c2cc(OCCCCCOc3cc4c(cc3OC)C(=O)N3CC(=C)CC3C=N4)c(OC)cc2C(=C)N2CC(=C)C[C@H]2[C@@H]1O. The van der Waals surface area contributed by atoms with E-state index in [4.69, 9.17) is 23.7 Å². The Morgan fingerprint density at radius 1 is 0.932 bits per heavy atom. The molecule has 1 N–H and O–H groups in total. The highest BCUT2D eigenvalue weighted by molar-refractivity contribution is 8.78. The van der Waals surface area contributed by atoms with Gasteiger partial charge in [-0.2, -0.15) is 0 Å². The second-order valence-electron chi connectivity index (χ2n) is 14.9. The molecular formula is C45H54N4O8S2. The molecule has 2 amide bonds. The number of ether oxygens (including phenoxy) is 5. The van der Waals surface area contributed by atoms with E-state index in [2.05, 4.69) is 31.3 Å². The fraction of sp³-hybridized carbons (Fsp3) is 0.400. The van der Waals surface area contributed by atoms with Gasteiger partial charge in [-0.05, 0) is 63.0 Å². The number of rotatable bonds is 17. The highest BCUT2D eigenvalue weighted by Crippen LogP contribution is 2.46. The van der Waals surface area contributed by atoms with Gasteiger partial charge in [-0.3, -0.25) is 9.79 Å². The minimum Gasteiger partial charge on any atom is -0.493 e. The van der Waals surface area contributed by atoms with Crippen molar-refractivity contribution in [3.63, 3.8) is 0 Å². The largest absolute Gasteiger partial charge is 0.493 e. The third-order valence-electron chi connectivity index (χ3n) is 10.4. The molecule has 4 aliphatic heterocycles. The van der Waals surface area contributed by atoms with Gasteiger partial charge in [-0.15, -0.1) is 0 Å². The van der Waals surface area contributed by atoms with Crippen molar-refractivity contribution in [2.24, 2.45) is 4.99 Å². The van der Waals surface area contributed by atoms with Crippen LogP contribution in [-0.4, -0.2) is 104 Å². The zero-order valence-electron chi connectivity index (χ0n) is 34.3. The topological polar surface area (TPSA) is 123 Å². The summed E-state index contributed by atoms with van der Waals surface area (Å²) < 4.78 is 29.6. The van der Waals surface area contributed by atoms with E-state index in [9.17, 15) is 14.7 Å². The van der Waals surface area contributed by atoms with Crippen LogP contribution in [0, 0.1) is 0 Å². The van der Waals surface area contributed by atoms with E-state index in [1.807, 2.05) is 43.2 Å². The van der Waals surface area contributed by atoms with Gasteiger partial charge in [-0.25, -0.2) is 9.69 Å². The molecule has 1 unspecified atom stereocenters. The molecule has 12 nitrogen and oxygen atoms in total. The molecule has 0 bridgehead atoms. The Labute approximate surface area is 355 Å². The first-order chi connectivity index (χ1) is 28.4. The lowest BCUT2D eigenvalue weighted by Gasteiger charge is -2.32. The molecule has 0 aromatic heterocycles. The number of hydrogen-bond acceptors (Lipinski definition) is 12. The molecule has 6 rings (SSSR count). The molecule has 0 aliphatic carbocycles. The van der Waals surface area contributed by atoms with E-state index < -0.39 is 18.4 Å². The molecule has 14 heteroatoms. The average Bonchev–Trinajstić information content (AvgIpc) is 3.76. The first kappa shape index (κ1) is 43.5. The van der Waals surface area contributed by atoms with E-state index in [1.54, 1.807) is 71.0 Å². The second-order valence-corrected chi connectivity index (χ2v) is 17.8. The monoisotopic (exact) mass is 842 g/mol. The van der Waals surface area contributed by atoms with Crippen LogP contribution in [0.2, 0.25) is 0 Å². The highest BCUT2D eigenvalue weighted by atomic mass is 33.1. The van der Waals surface area contributed by atoms with Crippen LogP contribution in [0.1, 0.15) is 61.9 Å². The Balaban J connectivity index is 1.08. The molecule has 2 fully saturated rings. The molecule has 0 radical (unpaired) electrons. The summed E-state index contributed by atoms with van der Waals surface area (Å²) in [7, 11) is 6.32. The molecule has 314 valence electrons. The van der Waals surface area contributed by atoms with Crippen LogP contribution in [-0.2, 0) is 4.74 Å². The highest BCUT2D eigenvalue weighted by Gasteiger charge is 2.44. The van der Waals surface area contributed by atoms with Crippen LogP contribution in [0.25, 0.3) is 5.70 Å². The van der Waals surface area contributed by atoms with Gasteiger partial charge >= 0.3 is 6.09 Å². The summed E-state index contributed by atoms with van der Waals surface area (Å²) >= 11 is 0. The number of carbonyl (C=O) groups excluding carboxylic acids is 2. The normalized spacial score (nSPS) is 20.5. The molecular weight excluding hydrogens is 789 g/mol. The predicted octanol–water partition coefficient (Wildman–Crippen LogP) is 9.11. The van der Waals surface area contributed by atoms with E-state index >= 15 is 0 Å². The number of unbranched alkanes of at least 4 members (excludes halogenated alkanes) is 2. The van der Waals surface area contributed by atoms with E-state index in [-0.39, 0.29) is 23.8 Å². The van der Waals surface area contributed by atoms with Crippen molar-refractivity contribution >= 4 is 56.9 Å². The summed E-state index contributed by atoms with van der Waals surface area (Å²) in [4.78, 5) is 38.1. The van der Waals surface area contributed by atoms with Crippen LogP contribution in [0.5, 0.6) is 23.0 Å². The summed E-state index contributed by atoms with van der Waals surface area (Å²) in [5.41, 5.74) is 4.68.